The second kappa shape index (κ2) is 11.9. The molecule has 0 aromatic heterocycles. The molecule has 0 amide bonds. The van der Waals surface area contributed by atoms with Crippen LogP contribution in [0.4, 0.5) is 0 Å². The number of phenols is 2. The number of allylic oxidation sites excluding steroid dienone is 1. The highest BCUT2D eigenvalue weighted by Gasteiger charge is 2.33. The van der Waals surface area contributed by atoms with Crippen molar-refractivity contribution in [2.45, 2.75) is 12.2 Å². The van der Waals surface area contributed by atoms with E-state index in [4.69, 9.17) is 28.4 Å². The van der Waals surface area contributed by atoms with Crippen molar-refractivity contribution < 1.29 is 48.5 Å². The summed E-state index contributed by atoms with van der Waals surface area (Å²) >= 11 is 0. The van der Waals surface area contributed by atoms with E-state index in [1.165, 1.54) is 38.5 Å². The minimum atomic E-state index is -0.732. The molecule has 1 heterocycles. The maximum Gasteiger partial charge on any atom is 0.200 e. The maximum atomic E-state index is 13.5. The third kappa shape index (κ3) is 5.67. The fourth-order valence-corrected chi connectivity index (χ4v) is 3.94. The van der Waals surface area contributed by atoms with Gasteiger partial charge >= 0.3 is 0 Å². The molecule has 38 heavy (non-hydrogen) atoms. The number of aliphatic hydroxyl groups excluding tert-OH is 1. The fourth-order valence-electron chi connectivity index (χ4n) is 3.94. The van der Waals surface area contributed by atoms with E-state index in [-0.39, 0.29) is 54.3 Å². The molecule has 0 radical (unpaired) electrons. The summed E-state index contributed by atoms with van der Waals surface area (Å²) in [5.74, 6) is 0.138. The Morgan fingerprint density at radius 1 is 0.921 bits per heavy atom. The topological polar surface area (TPSA) is 133 Å². The molecule has 0 bridgehead atoms. The third-order valence-electron chi connectivity index (χ3n) is 5.80. The van der Waals surface area contributed by atoms with Crippen molar-refractivity contribution >= 4 is 11.4 Å². The molecule has 1 aliphatic heterocycles. The second-order valence-corrected chi connectivity index (χ2v) is 8.36. The Morgan fingerprint density at radius 2 is 1.63 bits per heavy atom. The molecule has 0 fully saturated rings. The Balaban J connectivity index is 1.61. The number of Topliss-reactive ketones (excluding diaryl/α,β-unsaturated/α-hetero) is 1. The van der Waals surface area contributed by atoms with Crippen molar-refractivity contribution in [3.8, 4) is 34.5 Å². The van der Waals surface area contributed by atoms with Crippen LogP contribution in [0.25, 0.3) is 5.57 Å². The number of hydrogen-bond acceptors (Lipinski definition) is 10. The Kier molecular flexibility index (Phi) is 8.37. The first-order valence-electron chi connectivity index (χ1n) is 11.6. The van der Waals surface area contributed by atoms with Gasteiger partial charge in [-0.2, -0.15) is 0 Å². The molecular formula is C28H28O10. The molecule has 0 aliphatic carbocycles. The highest BCUT2D eigenvalue weighted by atomic mass is 16.7. The Labute approximate surface area is 219 Å². The SMILES string of the molecule is C=C(C(=O)c1c(O)cc(OCOC)cc1OCOC)c1ccc2c(c1)O[C@@H](CO)[C@H](c1ccc(O)cc1)O2. The van der Waals surface area contributed by atoms with Gasteiger partial charge in [-0.15, -0.1) is 0 Å². The number of carbonyl (C=O) groups excluding carboxylic acids is 1. The van der Waals surface area contributed by atoms with Gasteiger partial charge in [0.25, 0.3) is 0 Å². The molecule has 4 rings (SSSR count). The maximum absolute atomic E-state index is 13.5. The molecular weight excluding hydrogens is 496 g/mol. The number of phenolic OH excluding ortho intramolecular Hbond substituents is 2. The summed E-state index contributed by atoms with van der Waals surface area (Å²) in [5.41, 5.74) is 1.06. The first kappa shape index (κ1) is 26.8. The van der Waals surface area contributed by atoms with Gasteiger partial charge in [0.15, 0.2) is 37.3 Å². The van der Waals surface area contributed by atoms with Gasteiger partial charge in [0.05, 0.1) is 6.61 Å². The molecule has 3 N–H and O–H groups in total. The number of hydrogen-bond donors (Lipinski definition) is 3. The van der Waals surface area contributed by atoms with E-state index >= 15 is 0 Å². The third-order valence-corrected chi connectivity index (χ3v) is 5.80. The van der Waals surface area contributed by atoms with E-state index in [0.29, 0.717) is 22.6 Å². The summed E-state index contributed by atoms with van der Waals surface area (Å²) in [7, 11) is 2.88. The first-order chi connectivity index (χ1) is 18.4. The molecule has 3 aromatic carbocycles. The van der Waals surface area contributed by atoms with Crippen LogP contribution in [0.3, 0.4) is 0 Å². The van der Waals surface area contributed by atoms with Crippen molar-refractivity contribution in [3.63, 3.8) is 0 Å². The fraction of sp³-hybridized carbons (Fsp3) is 0.250. The van der Waals surface area contributed by atoms with Crippen molar-refractivity contribution in [2.24, 2.45) is 0 Å². The van der Waals surface area contributed by atoms with Gasteiger partial charge in [-0.3, -0.25) is 4.79 Å². The average molecular weight is 525 g/mol. The molecule has 3 aromatic rings. The molecule has 0 unspecified atom stereocenters. The Bertz CT molecular complexity index is 1300. The zero-order chi connectivity index (χ0) is 27.2. The lowest BCUT2D eigenvalue weighted by molar-refractivity contribution is -0.0123. The molecule has 200 valence electrons. The van der Waals surface area contributed by atoms with Crippen LogP contribution in [0, 0.1) is 0 Å². The highest BCUT2D eigenvalue weighted by molar-refractivity contribution is 6.30. The zero-order valence-corrected chi connectivity index (χ0v) is 20.9. The van der Waals surface area contributed by atoms with Crippen LogP contribution in [0.15, 0.2) is 61.2 Å². The first-order valence-corrected chi connectivity index (χ1v) is 11.6. The minimum absolute atomic E-state index is 0.0405. The number of rotatable bonds is 11. The number of benzene rings is 3. The van der Waals surface area contributed by atoms with E-state index in [9.17, 15) is 20.1 Å². The summed E-state index contributed by atoms with van der Waals surface area (Å²) in [6.45, 7) is 3.36. The van der Waals surface area contributed by atoms with Gasteiger partial charge < -0.3 is 43.7 Å². The number of fused-ring (bicyclic) bond motifs is 1. The smallest absolute Gasteiger partial charge is 0.200 e. The van der Waals surface area contributed by atoms with Crippen molar-refractivity contribution in [2.75, 3.05) is 34.4 Å². The van der Waals surface area contributed by atoms with Gasteiger partial charge in [0, 0.05) is 31.9 Å². The summed E-state index contributed by atoms with van der Waals surface area (Å²) in [6.07, 6.45) is -1.34. The van der Waals surface area contributed by atoms with Crippen LogP contribution in [-0.4, -0.2) is 61.6 Å². The van der Waals surface area contributed by atoms with Crippen molar-refractivity contribution in [3.05, 3.63) is 77.9 Å². The van der Waals surface area contributed by atoms with E-state index in [1.807, 2.05) is 0 Å². The Hall–Kier alpha value is -4.25. The largest absolute Gasteiger partial charge is 0.508 e. The van der Waals surface area contributed by atoms with Crippen LogP contribution in [0.5, 0.6) is 34.5 Å². The lowest BCUT2D eigenvalue weighted by Crippen LogP contribution is -2.36. The summed E-state index contributed by atoms with van der Waals surface area (Å²) in [4.78, 5) is 13.5. The number of ether oxygens (including phenoxy) is 6. The molecule has 0 saturated carbocycles. The van der Waals surface area contributed by atoms with Crippen molar-refractivity contribution in [1.82, 2.24) is 0 Å². The monoisotopic (exact) mass is 524 g/mol. The number of aromatic hydroxyl groups is 2. The normalized spacial score (nSPS) is 16.1. The number of carbonyl (C=O) groups is 1. The molecule has 0 spiro atoms. The lowest BCUT2D eigenvalue weighted by atomic mass is 9.96. The van der Waals surface area contributed by atoms with Gasteiger partial charge in [-0.1, -0.05) is 24.8 Å². The summed E-state index contributed by atoms with van der Waals surface area (Å²) in [5, 5.41) is 30.2. The van der Waals surface area contributed by atoms with Crippen molar-refractivity contribution in [1.29, 1.82) is 0 Å². The van der Waals surface area contributed by atoms with Gasteiger partial charge in [-0.25, -0.2) is 0 Å². The molecule has 0 saturated heterocycles. The highest BCUT2D eigenvalue weighted by Crippen LogP contribution is 2.42. The van der Waals surface area contributed by atoms with Crippen LogP contribution >= 0.6 is 0 Å². The van der Waals surface area contributed by atoms with Gasteiger partial charge in [-0.05, 0) is 35.4 Å². The van der Waals surface area contributed by atoms with Crippen LogP contribution in [0.2, 0.25) is 0 Å². The predicted molar refractivity (Wildman–Crippen MR) is 136 cm³/mol. The van der Waals surface area contributed by atoms with E-state index in [1.54, 1.807) is 30.3 Å². The summed E-state index contributed by atoms with van der Waals surface area (Å²) in [6, 6.07) is 14.0. The van der Waals surface area contributed by atoms with E-state index < -0.39 is 18.0 Å². The zero-order valence-electron chi connectivity index (χ0n) is 20.9. The van der Waals surface area contributed by atoms with E-state index in [2.05, 4.69) is 6.58 Å². The van der Waals surface area contributed by atoms with Gasteiger partial charge in [0.2, 0.25) is 5.78 Å². The number of methoxy groups -OCH3 is 2. The number of ketones is 1. The molecule has 1 aliphatic rings. The van der Waals surface area contributed by atoms with Crippen LogP contribution in [-0.2, 0) is 9.47 Å². The van der Waals surface area contributed by atoms with Gasteiger partial charge in [0.1, 0.15) is 28.6 Å². The Morgan fingerprint density at radius 3 is 2.32 bits per heavy atom. The number of aliphatic hydroxyl groups is 1. The van der Waals surface area contributed by atoms with E-state index in [0.717, 1.165) is 0 Å². The van der Waals surface area contributed by atoms with Crippen LogP contribution < -0.4 is 18.9 Å². The second-order valence-electron chi connectivity index (χ2n) is 8.36. The quantitative estimate of drug-likeness (QED) is 0.193. The minimum Gasteiger partial charge on any atom is -0.508 e. The summed E-state index contributed by atoms with van der Waals surface area (Å²) < 4.78 is 32.8. The standard InChI is InChI=1S/C28H28O10/c1-16(27(32)26-21(31)11-20(35-14-33-2)12-24(26)36-15-34-3)18-6-9-22-23(10-18)37-25(13-29)28(38-22)17-4-7-19(30)8-5-17/h4-12,25,28-31H,1,13-15H2,2-3H3/t25-,28-/m0/s1. The molecule has 10 nitrogen and oxygen atoms in total. The molecule has 10 heteroatoms. The van der Waals surface area contributed by atoms with Crippen LogP contribution in [0.1, 0.15) is 27.6 Å². The average Bonchev–Trinajstić information content (AvgIpc) is 2.93. The molecule has 2 atom stereocenters. The predicted octanol–water partition coefficient (Wildman–Crippen LogP) is 3.83. The lowest BCUT2D eigenvalue weighted by Gasteiger charge is -2.33.